The molecule has 2 aromatic rings. The van der Waals surface area contributed by atoms with Gasteiger partial charge in [-0.15, -0.1) is 0 Å². The summed E-state index contributed by atoms with van der Waals surface area (Å²) in [6, 6.07) is 6.77. The predicted octanol–water partition coefficient (Wildman–Crippen LogP) is 3.35. The molecule has 1 unspecified atom stereocenters. The third-order valence-electron chi connectivity index (χ3n) is 3.72. The van der Waals surface area contributed by atoms with Gasteiger partial charge in [0.1, 0.15) is 5.82 Å². The van der Waals surface area contributed by atoms with Crippen molar-refractivity contribution in [2.75, 3.05) is 19.0 Å². The van der Waals surface area contributed by atoms with E-state index in [1.54, 1.807) is 0 Å². The molecule has 100 valence electrons. The number of halogens is 1. The summed E-state index contributed by atoms with van der Waals surface area (Å²) in [5.41, 5.74) is 3.35. The Balaban J connectivity index is 2.06. The second-order valence-corrected chi connectivity index (χ2v) is 5.24. The monoisotopic (exact) mass is 260 g/mol. The van der Waals surface area contributed by atoms with Gasteiger partial charge in [0.25, 0.3) is 0 Å². The molecule has 0 bridgehead atoms. The van der Waals surface area contributed by atoms with Crippen LogP contribution in [0.2, 0.25) is 0 Å². The molecule has 1 aliphatic rings. The number of aromatic nitrogens is 1. The highest BCUT2D eigenvalue weighted by atomic mass is 19.1. The van der Waals surface area contributed by atoms with Crippen LogP contribution in [0, 0.1) is 5.82 Å². The van der Waals surface area contributed by atoms with Gasteiger partial charge < -0.3 is 9.42 Å². The standard InChI is InChI=1S/C15H17FN2O/c1-18(2)15-14-12(4-3-5-13(14)17-19-15)10-6-8-11(16)9-7-10/h6-9,12H,3-5H2,1-2H3. The topological polar surface area (TPSA) is 29.3 Å². The van der Waals surface area contributed by atoms with Crippen LogP contribution in [0.1, 0.15) is 35.6 Å². The van der Waals surface area contributed by atoms with Gasteiger partial charge >= 0.3 is 0 Å². The maximum atomic E-state index is 13.1. The second-order valence-electron chi connectivity index (χ2n) is 5.24. The second kappa shape index (κ2) is 4.68. The molecule has 1 aliphatic carbocycles. The zero-order chi connectivity index (χ0) is 13.4. The Kier molecular flexibility index (Phi) is 3.01. The van der Waals surface area contributed by atoms with Crippen LogP contribution in [0.25, 0.3) is 0 Å². The minimum Gasteiger partial charge on any atom is -0.346 e. The molecule has 1 atom stereocenters. The van der Waals surface area contributed by atoms with E-state index in [9.17, 15) is 4.39 Å². The van der Waals surface area contributed by atoms with E-state index in [4.69, 9.17) is 4.52 Å². The van der Waals surface area contributed by atoms with Crippen LogP contribution in [0.3, 0.4) is 0 Å². The van der Waals surface area contributed by atoms with Gasteiger partial charge in [-0.2, -0.15) is 0 Å². The van der Waals surface area contributed by atoms with Crippen molar-refractivity contribution in [2.24, 2.45) is 0 Å². The van der Waals surface area contributed by atoms with Crippen LogP contribution in [-0.2, 0) is 6.42 Å². The first-order valence-electron chi connectivity index (χ1n) is 6.58. The maximum Gasteiger partial charge on any atom is 0.230 e. The zero-order valence-electron chi connectivity index (χ0n) is 11.2. The number of nitrogens with zero attached hydrogens (tertiary/aromatic N) is 2. The number of anilines is 1. The third-order valence-corrected chi connectivity index (χ3v) is 3.72. The van der Waals surface area contributed by atoms with E-state index in [2.05, 4.69) is 5.16 Å². The van der Waals surface area contributed by atoms with Crippen LogP contribution < -0.4 is 4.90 Å². The molecule has 19 heavy (non-hydrogen) atoms. The molecule has 0 radical (unpaired) electrons. The van der Waals surface area contributed by atoms with E-state index in [1.165, 1.54) is 17.7 Å². The largest absolute Gasteiger partial charge is 0.346 e. The van der Waals surface area contributed by atoms with E-state index in [0.717, 1.165) is 36.4 Å². The minimum absolute atomic E-state index is 0.196. The molecule has 0 spiro atoms. The van der Waals surface area contributed by atoms with Crippen molar-refractivity contribution >= 4 is 5.88 Å². The number of hydrogen-bond acceptors (Lipinski definition) is 3. The van der Waals surface area contributed by atoms with Crippen molar-refractivity contribution in [1.29, 1.82) is 0 Å². The summed E-state index contributed by atoms with van der Waals surface area (Å²) in [5.74, 6) is 0.884. The van der Waals surface area contributed by atoms with Crippen molar-refractivity contribution in [3.05, 3.63) is 46.9 Å². The fourth-order valence-electron chi connectivity index (χ4n) is 2.82. The Morgan fingerprint density at radius 3 is 2.68 bits per heavy atom. The molecule has 0 saturated heterocycles. The fraction of sp³-hybridized carbons (Fsp3) is 0.400. The van der Waals surface area contributed by atoms with Gasteiger partial charge in [-0.1, -0.05) is 17.3 Å². The van der Waals surface area contributed by atoms with E-state index < -0.39 is 0 Å². The molecular weight excluding hydrogens is 243 g/mol. The predicted molar refractivity (Wildman–Crippen MR) is 72.0 cm³/mol. The third kappa shape index (κ3) is 2.11. The first kappa shape index (κ1) is 12.2. The quantitative estimate of drug-likeness (QED) is 0.829. The Hall–Kier alpha value is -1.84. The van der Waals surface area contributed by atoms with Crippen LogP contribution in [0.4, 0.5) is 10.3 Å². The summed E-state index contributed by atoms with van der Waals surface area (Å²) in [4.78, 5) is 1.95. The summed E-state index contributed by atoms with van der Waals surface area (Å²) >= 11 is 0. The summed E-state index contributed by atoms with van der Waals surface area (Å²) < 4.78 is 18.5. The Labute approximate surface area is 112 Å². The molecule has 1 aromatic heterocycles. The Morgan fingerprint density at radius 1 is 1.26 bits per heavy atom. The maximum absolute atomic E-state index is 13.1. The number of rotatable bonds is 2. The van der Waals surface area contributed by atoms with E-state index in [1.807, 2.05) is 31.1 Å². The molecule has 0 fully saturated rings. The lowest BCUT2D eigenvalue weighted by Gasteiger charge is -2.23. The van der Waals surface area contributed by atoms with Crippen molar-refractivity contribution in [3.63, 3.8) is 0 Å². The molecular formula is C15H17FN2O. The van der Waals surface area contributed by atoms with E-state index in [-0.39, 0.29) is 11.7 Å². The van der Waals surface area contributed by atoms with Crippen LogP contribution in [0.15, 0.2) is 28.8 Å². The molecule has 1 heterocycles. The lowest BCUT2D eigenvalue weighted by Crippen LogP contribution is -2.16. The van der Waals surface area contributed by atoms with Crippen molar-refractivity contribution in [3.8, 4) is 0 Å². The van der Waals surface area contributed by atoms with Gasteiger partial charge in [-0.05, 0) is 37.0 Å². The highest BCUT2D eigenvalue weighted by molar-refractivity contribution is 5.52. The Bertz CT molecular complexity index is 574. The number of hydrogen-bond donors (Lipinski definition) is 0. The van der Waals surface area contributed by atoms with E-state index >= 15 is 0 Å². The molecule has 0 N–H and O–H groups in total. The SMILES string of the molecule is CN(C)c1onc2c1C(c1ccc(F)cc1)CCC2. The molecule has 0 amide bonds. The van der Waals surface area contributed by atoms with Crippen molar-refractivity contribution < 1.29 is 8.91 Å². The van der Waals surface area contributed by atoms with Gasteiger partial charge in [0.15, 0.2) is 0 Å². The highest BCUT2D eigenvalue weighted by Gasteiger charge is 2.30. The molecule has 3 rings (SSSR count). The van der Waals surface area contributed by atoms with Gasteiger partial charge in [0.05, 0.1) is 5.69 Å². The van der Waals surface area contributed by atoms with Crippen LogP contribution in [0.5, 0.6) is 0 Å². The first-order chi connectivity index (χ1) is 9.16. The molecule has 0 aliphatic heterocycles. The number of benzene rings is 1. The minimum atomic E-state index is -0.196. The summed E-state index contributed by atoms with van der Waals surface area (Å²) in [6.07, 6.45) is 3.11. The average molecular weight is 260 g/mol. The van der Waals surface area contributed by atoms with Gasteiger partial charge in [0.2, 0.25) is 5.88 Å². The fourth-order valence-corrected chi connectivity index (χ4v) is 2.82. The smallest absolute Gasteiger partial charge is 0.230 e. The summed E-state index contributed by atoms with van der Waals surface area (Å²) in [7, 11) is 3.91. The molecule has 0 saturated carbocycles. The lowest BCUT2D eigenvalue weighted by molar-refractivity contribution is 0.415. The summed E-state index contributed by atoms with van der Waals surface area (Å²) in [6.45, 7) is 0. The van der Waals surface area contributed by atoms with Crippen LogP contribution >= 0.6 is 0 Å². The zero-order valence-corrected chi connectivity index (χ0v) is 11.2. The number of fused-ring (bicyclic) bond motifs is 1. The first-order valence-corrected chi connectivity index (χ1v) is 6.58. The average Bonchev–Trinajstić information content (AvgIpc) is 2.83. The molecule has 3 nitrogen and oxygen atoms in total. The van der Waals surface area contributed by atoms with Crippen LogP contribution in [-0.4, -0.2) is 19.3 Å². The molecule has 1 aromatic carbocycles. The van der Waals surface area contributed by atoms with Gasteiger partial charge in [-0.25, -0.2) is 4.39 Å². The number of aryl methyl sites for hydroxylation is 1. The lowest BCUT2D eigenvalue weighted by atomic mass is 9.81. The normalized spacial score (nSPS) is 18.2. The van der Waals surface area contributed by atoms with E-state index in [0.29, 0.717) is 0 Å². The molecule has 4 heteroatoms. The van der Waals surface area contributed by atoms with Gasteiger partial charge in [-0.3, -0.25) is 0 Å². The van der Waals surface area contributed by atoms with Gasteiger partial charge in [0, 0.05) is 25.6 Å². The van der Waals surface area contributed by atoms with Crippen molar-refractivity contribution in [2.45, 2.75) is 25.2 Å². The summed E-state index contributed by atoms with van der Waals surface area (Å²) in [5, 5.41) is 4.18. The highest BCUT2D eigenvalue weighted by Crippen LogP contribution is 2.41. The van der Waals surface area contributed by atoms with Crippen molar-refractivity contribution in [1.82, 2.24) is 5.16 Å². The Morgan fingerprint density at radius 2 is 2.00 bits per heavy atom.